The Labute approximate surface area is 191 Å². The molecule has 32 heavy (non-hydrogen) atoms. The number of carbonyl (C=O) groups excluding carboxylic acids is 1. The third-order valence-electron chi connectivity index (χ3n) is 5.63. The normalized spacial score (nSPS) is 12.3. The first-order chi connectivity index (χ1) is 15.1. The molecule has 0 aliphatic carbocycles. The zero-order valence-electron chi connectivity index (χ0n) is 19.2. The number of nitrogens with one attached hydrogen (secondary N) is 1. The van der Waals surface area contributed by atoms with Gasteiger partial charge in [0.1, 0.15) is 0 Å². The number of rotatable bonds is 7. The van der Waals surface area contributed by atoms with E-state index in [4.69, 9.17) is 0 Å². The minimum Gasteiger partial charge on any atom is -0.346 e. The number of aryl methyl sites for hydroxylation is 3. The van der Waals surface area contributed by atoms with E-state index in [1.54, 1.807) is 24.3 Å². The lowest BCUT2D eigenvalue weighted by atomic mass is 10.0. The maximum Gasteiger partial charge on any atom is 0.251 e. The summed E-state index contributed by atoms with van der Waals surface area (Å²) >= 11 is 0. The maximum absolute atomic E-state index is 12.7. The summed E-state index contributed by atoms with van der Waals surface area (Å²) in [6, 6.07) is 20.7. The van der Waals surface area contributed by atoms with Gasteiger partial charge in [-0.25, -0.2) is 8.42 Å². The number of nitrogens with zero attached hydrogens (tertiary/aromatic N) is 1. The molecule has 0 radical (unpaired) electrons. The van der Waals surface area contributed by atoms with Gasteiger partial charge in [-0.2, -0.15) is 0 Å². The van der Waals surface area contributed by atoms with Gasteiger partial charge in [-0.15, -0.1) is 0 Å². The average Bonchev–Trinajstić information content (AvgIpc) is 2.73. The van der Waals surface area contributed by atoms with Gasteiger partial charge >= 0.3 is 0 Å². The molecule has 0 fully saturated rings. The molecule has 0 spiro atoms. The minimum atomic E-state index is -3.48. The fourth-order valence-electron chi connectivity index (χ4n) is 3.92. The Morgan fingerprint density at radius 1 is 0.875 bits per heavy atom. The first-order valence-electron chi connectivity index (χ1n) is 10.6. The molecule has 1 amide bonds. The van der Waals surface area contributed by atoms with Crippen molar-refractivity contribution in [2.24, 2.45) is 0 Å². The first-order valence-corrected chi connectivity index (χ1v) is 12.4. The van der Waals surface area contributed by atoms with E-state index in [0.717, 1.165) is 27.8 Å². The van der Waals surface area contributed by atoms with Crippen LogP contribution in [0.25, 0.3) is 0 Å². The molecule has 3 aromatic carbocycles. The van der Waals surface area contributed by atoms with Gasteiger partial charge in [0, 0.05) is 5.56 Å². The van der Waals surface area contributed by atoms with Crippen molar-refractivity contribution in [1.29, 1.82) is 0 Å². The zero-order chi connectivity index (χ0) is 23.5. The average molecular weight is 451 g/mol. The largest absolute Gasteiger partial charge is 0.346 e. The second kappa shape index (κ2) is 9.57. The molecule has 1 unspecified atom stereocenters. The van der Waals surface area contributed by atoms with Gasteiger partial charge in [0.05, 0.1) is 24.5 Å². The van der Waals surface area contributed by atoms with Gasteiger partial charge in [0.15, 0.2) is 0 Å². The molecular formula is C26H30N2O3S. The summed E-state index contributed by atoms with van der Waals surface area (Å²) in [6.07, 6.45) is 1.22. The maximum atomic E-state index is 12.7. The lowest BCUT2D eigenvalue weighted by Gasteiger charge is -2.26. The summed E-state index contributed by atoms with van der Waals surface area (Å²) < 4.78 is 26.5. The van der Waals surface area contributed by atoms with Crippen molar-refractivity contribution >= 4 is 21.6 Å². The fraction of sp³-hybridized carbons (Fsp3) is 0.269. The molecule has 1 atom stereocenters. The van der Waals surface area contributed by atoms with Crippen molar-refractivity contribution in [3.05, 3.63) is 100 Å². The molecule has 3 rings (SSSR count). The molecule has 1 N–H and O–H groups in total. The molecule has 0 heterocycles. The van der Waals surface area contributed by atoms with Crippen molar-refractivity contribution < 1.29 is 13.2 Å². The smallest absolute Gasteiger partial charge is 0.251 e. The van der Waals surface area contributed by atoms with Crippen LogP contribution in [0.15, 0.2) is 66.7 Å². The number of carbonyl (C=O) groups is 1. The topological polar surface area (TPSA) is 66.5 Å². The Morgan fingerprint density at radius 3 is 2.00 bits per heavy atom. The summed E-state index contributed by atoms with van der Waals surface area (Å²) in [7, 11) is -3.48. The molecular weight excluding hydrogens is 420 g/mol. The molecule has 0 bridgehead atoms. The van der Waals surface area contributed by atoms with Crippen molar-refractivity contribution in [3.63, 3.8) is 0 Å². The van der Waals surface area contributed by atoms with Crippen molar-refractivity contribution in [2.45, 2.75) is 40.3 Å². The number of sulfonamides is 1. The van der Waals surface area contributed by atoms with Gasteiger partial charge < -0.3 is 5.32 Å². The molecule has 3 aromatic rings. The molecule has 0 aliphatic rings. The first kappa shape index (κ1) is 23.5. The molecule has 5 nitrogen and oxygen atoms in total. The summed E-state index contributed by atoms with van der Waals surface area (Å²) in [4.78, 5) is 12.7. The van der Waals surface area contributed by atoms with E-state index in [0.29, 0.717) is 11.3 Å². The highest BCUT2D eigenvalue weighted by molar-refractivity contribution is 7.92. The second-order valence-electron chi connectivity index (χ2n) is 8.26. The van der Waals surface area contributed by atoms with Gasteiger partial charge in [0.2, 0.25) is 10.0 Å². The lowest BCUT2D eigenvalue weighted by Crippen LogP contribution is -2.30. The SMILES string of the molecule is Cc1ccccc1C(C)NC(=O)c1ccc(CN(c2c(C)cccc2C)S(C)(=O)=O)cc1. The van der Waals surface area contributed by atoms with Gasteiger partial charge in [-0.1, -0.05) is 54.6 Å². The van der Waals surface area contributed by atoms with E-state index in [1.807, 2.05) is 70.2 Å². The summed E-state index contributed by atoms with van der Waals surface area (Å²) in [5, 5.41) is 3.03. The van der Waals surface area contributed by atoms with Crippen molar-refractivity contribution in [2.75, 3.05) is 10.6 Å². The number of hydrogen-bond acceptors (Lipinski definition) is 3. The van der Waals surface area contributed by atoms with Crippen LogP contribution in [0, 0.1) is 20.8 Å². The third-order valence-corrected chi connectivity index (χ3v) is 6.75. The predicted octanol–water partition coefficient (Wildman–Crippen LogP) is 5.07. The Bertz CT molecular complexity index is 1200. The van der Waals surface area contributed by atoms with Crippen LogP contribution in [-0.4, -0.2) is 20.6 Å². The molecule has 0 aliphatic heterocycles. The van der Waals surface area contributed by atoms with Crippen LogP contribution in [0.3, 0.4) is 0 Å². The van der Waals surface area contributed by atoms with E-state index in [-0.39, 0.29) is 18.5 Å². The van der Waals surface area contributed by atoms with Gasteiger partial charge in [0.25, 0.3) is 5.91 Å². The summed E-state index contributed by atoms with van der Waals surface area (Å²) in [5.41, 5.74) is 6.05. The van der Waals surface area contributed by atoms with Crippen molar-refractivity contribution in [1.82, 2.24) is 5.32 Å². The quantitative estimate of drug-likeness (QED) is 0.547. The second-order valence-corrected chi connectivity index (χ2v) is 10.2. The Hall–Kier alpha value is -3.12. The Morgan fingerprint density at radius 2 is 1.44 bits per heavy atom. The third kappa shape index (κ3) is 5.37. The predicted molar refractivity (Wildman–Crippen MR) is 130 cm³/mol. The van der Waals surface area contributed by atoms with Crippen LogP contribution >= 0.6 is 0 Å². The fourth-order valence-corrected chi connectivity index (χ4v) is 4.92. The number of hydrogen-bond donors (Lipinski definition) is 1. The molecule has 6 heteroatoms. The molecule has 0 saturated heterocycles. The van der Waals surface area contributed by atoms with E-state index in [9.17, 15) is 13.2 Å². The van der Waals surface area contributed by atoms with Crippen LogP contribution < -0.4 is 9.62 Å². The molecule has 0 saturated carbocycles. The summed E-state index contributed by atoms with van der Waals surface area (Å²) in [5.74, 6) is -0.165. The Kier molecular flexibility index (Phi) is 7.04. The number of para-hydroxylation sites is 1. The van der Waals surface area contributed by atoms with E-state index in [2.05, 4.69) is 5.32 Å². The minimum absolute atomic E-state index is 0.117. The van der Waals surface area contributed by atoms with Gasteiger partial charge in [-0.3, -0.25) is 9.10 Å². The highest BCUT2D eigenvalue weighted by atomic mass is 32.2. The van der Waals surface area contributed by atoms with Crippen molar-refractivity contribution in [3.8, 4) is 0 Å². The summed E-state index contributed by atoms with van der Waals surface area (Å²) in [6.45, 7) is 8.00. The number of amides is 1. The highest BCUT2D eigenvalue weighted by Gasteiger charge is 2.21. The van der Waals surface area contributed by atoms with Crippen LogP contribution in [0.2, 0.25) is 0 Å². The van der Waals surface area contributed by atoms with Crippen LogP contribution in [-0.2, 0) is 16.6 Å². The van der Waals surface area contributed by atoms with E-state index in [1.165, 1.54) is 10.6 Å². The standard InChI is InChI=1S/C26H30N2O3S/c1-18-9-6-7-12-24(18)21(4)27-26(29)23-15-13-22(14-16-23)17-28(32(5,30)31)25-19(2)10-8-11-20(25)3/h6-16,21H,17H2,1-5H3,(H,27,29). The van der Waals surface area contributed by atoms with Crippen LogP contribution in [0.5, 0.6) is 0 Å². The van der Waals surface area contributed by atoms with Crippen LogP contribution in [0.1, 0.15) is 51.1 Å². The highest BCUT2D eigenvalue weighted by Crippen LogP contribution is 2.28. The molecule has 168 valence electrons. The Balaban J connectivity index is 1.78. The van der Waals surface area contributed by atoms with Gasteiger partial charge in [-0.05, 0) is 67.6 Å². The lowest BCUT2D eigenvalue weighted by molar-refractivity contribution is 0.0940. The zero-order valence-corrected chi connectivity index (χ0v) is 20.0. The monoisotopic (exact) mass is 450 g/mol. The van der Waals surface area contributed by atoms with E-state index >= 15 is 0 Å². The van der Waals surface area contributed by atoms with E-state index < -0.39 is 10.0 Å². The van der Waals surface area contributed by atoms with Crippen LogP contribution in [0.4, 0.5) is 5.69 Å². The molecule has 0 aromatic heterocycles. The number of anilines is 1. The number of benzene rings is 3.